The van der Waals surface area contributed by atoms with Gasteiger partial charge in [-0.05, 0) is 54.1 Å². The number of ether oxygens (including phenoxy) is 1. The molecular weight excluding hydrogens is 350 g/mol. The van der Waals surface area contributed by atoms with Crippen molar-refractivity contribution < 1.29 is 9.53 Å². The number of aromatic nitrogens is 1. The lowest BCUT2D eigenvalue weighted by Gasteiger charge is -2.08. The number of nitrogens with one attached hydrogen (secondary N) is 2. The van der Waals surface area contributed by atoms with Gasteiger partial charge in [0.2, 0.25) is 0 Å². The minimum Gasteiger partial charge on any atom is -0.497 e. The fourth-order valence-corrected chi connectivity index (χ4v) is 2.43. The van der Waals surface area contributed by atoms with Crippen molar-refractivity contribution in [2.75, 3.05) is 17.7 Å². The second kappa shape index (κ2) is 8.36. The van der Waals surface area contributed by atoms with Crippen molar-refractivity contribution in [3.8, 4) is 5.75 Å². The zero-order valence-electron chi connectivity index (χ0n) is 14.2. The molecule has 3 aromatic rings. The van der Waals surface area contributed by atoms with Gasteiger partial charge in [-0.2, -0.15) is 0 Å². The Balaban J connectivity index is 1.57. The number of hydrogen-bond donors (Lipinski definition) is 2. The second-order valence-electron chi connectivity index (χ2n) is 5.59. The van der Waals surface area contributed by atoms with Crippen LogP contribution in [0.5, 0.6) is 5.75 Å². The first-order chi connectivity index (χ1) is 12.6. The third-order valence-electron chi connectivity index (χ3n) is 3.75. The third kappa shape index (κ3) is 4.74. The van der Waals surface area contributed by atoms with Crippen LogP contribution in [0.2, 0.25) is 5.02 Å². The average molecular weight is 368 g/mol. The summed E-state index contributed by atoms with van der Waals surface area (Å²) in [5.74, 6) is 0.469. The van der Waals surface area contributed by atoms with Crippen molar-refractivity contribution in [1.29, 1.82) is 0 Å². The molecule has 0 saturated carbocycles. The molecule has 2 aromatic carbocycles. The summed E-state index contributed by atoms with van der Waals surface area (Å²) in [5, 5.41) is 6.77. The van der Waals surface area contributed by atoms with E-state index in [1.54, 1.807) is 43.6 Å². The van der Waals surface area contributed by atoms with Crippen LogP contribution < -0.4 is 15.4 Å². The first-order valence-electron chi connectivity index (χ1n) is 8.04. The van der Waals surface area contributed by atoms with Gasteiger partial charge in [0.25, 0.3) is 5.91 Å². The summed E-state index contributed by atoms with van der Waals surface area (Å²) in [6.07, 6.45) is 1.64. The molecule has 0 atom stereocenters. The molecule has 0 fully saturated rings. The Morgan fingerprint density at radius 2 is 1.69 bits per heavy atom. The van der Waals surface area contributed by atoms with Crippen LogP contribution in [0.3, 0.4) is 0 Å². The van der Waals surface area contributed by atoms with E-state index in [0.717, 1.165) is 17.0 Å². The molecule has 0 saturated heterocycles. The van der Waals surface area contributed by atoms with Gasteiger partial charge in [0.05, 0.1) is 19.0 Å². The number of halogens is 1. The van der Waals surface area contributed by atoms with E-state index < -0.39 is 0 Å². The van der Waals surface area contributed by atoms with Gasteiger partial charge < -0.3 is 15.4 Å². The zero-order valence-corrected chi connectivity index (χ0v) is 15.0. The van der Waals surface area contributed by atoms with Crippen LogP contribution >= 0.6 is 11.6 Å². The van der Waals surface area contributed by atoms with Gasteiger partial charge in [-0.1, -0.05) is 23.7 Å². The van der Waals surface area contributed by atoms with Gasteiger partial charge >= 0.3 is 0 Å². The van der Waals surface area contributed by atoms with Crippen LogP contribution in [0.1, 0.15) is 16.1 Å². The van der Waals surface area contributed by atoms with Gasteiger partial charge in [-0.3, -0.25) is 4.79 Å². The molecule has 0 aliphatic rings. The van der Waals surface area contributed by atoms with Crippen LogP contribution in [0.4, 0.5) is 11.4 Å². The molecule has 3 rings (SSSR count). The average Bonchev–Trinajstić information content (AvgIpc) is 2.68. The van der Waals surface area contributed by atoms with E-state index in [0.29, 0.717) is 22.9 Å². The number of amides is 1. The molecule has 0 aliphatic heterocycles. The summed E-state index contributed by atoms with van der Waals surface area (Å²) in [6.45, 7) is 0.649. The molecule has 0 spiro atoms. The van der Waals surface area contributed by atoms with Crippen molar-refractivity contribution in [2.24, 2.45) is 0 Å². The van der Waals surface area contributed by atoms with E-state index >= 15 is 0 Å². The largest absolute Gasteiger partial charge is 0.497 e. The Morgan fingerprint density at radius 1 is 1.00 bits per heavy atom. The third-order valence-corrected chi connectivity index (χ3v) is 4.01. The zero-order chi connectivity index (χ0) is 18.4. The quantitative estimate of drug-likeness (QED) is 0.668. The first kappa shape index (κ1) is 17.8. The number of methoxy groups -OCH3 is 1. The fraction of sp³-hybridized carbons (Fsp3) is 0.100. The maximum Gasteiger partial charge on any atom is 0.274 e. The molecule has 0 radical (unpaired) electrons. The lowest BCUT2D eigenvalue weighted by atomic mass is 10.2. The molecule has 6 heteroatoms. The maximum absolute atomic E-state index is 12.3. The second-order valence-corrected chi connectivity index (χ2v) is 6.03. The van der Waals surface area contributed by atoms with E-state index in [-0.39, 0.29) is 5.91 Å². The van der Waals surface area contributed by atoms with Crippen LogP contribution in [-0.2, 0) is 6.54 Å². The Kier molecular flexibility index (Phi) is 5.71. The summed E-state index contributed by atoms with van der Waals surface area (Å²) in [6, 6.07) is 18.2. The minimum absolute atomic E-state index is 0.264. The topological polar surface area (TPSA) is 63.2 Å². The number of rotatable bonds is 6. The highest BCUT2D eigenvalue weighted by Crippen LogP contribution is 2.16. The molecule has 1 amide bonds. The standard InChI is InChI=1S/C20H18ClN3O2/c1-26-18-9-6-16(7-10-18)24-20(25)19-11-8-17(13-23-19)22-12-14-2-4-15(21)5-3-14/h2-11,13,22H,12H2,1H3,(H,24,25). The fourth-order valence-electron chi connectivity index (χ4n) is 2.31. The minimum atomic E-state index is -0.264. The number of nitrogens with zero attached hydrogens (tertiary/aromatic N) is 1. The molecule has 0 bridgehead atoms. The number of anilines is 2. The molecule has 0 unspecified atom stereocenters. The lowest BCUT2D eigenvalue weighted by Crippen LogP contribution is -2.13. The Labute approximate surface area is 157 Å². The Hall–Kier alpha value is -3.05. The van der Waals surface area contributed by atoms with E-state index in [9.17, 15) is 4.79 Å². The van der Waals surface area contributed by atoms with E-state index in [2.05, 4.69) is 15.6 Å². The van der Waals surface area contributed by atoms with Gasteiger partial charge in [-0.15, -0.1) is 0 Å². The monoisotopic (exact) mass is 367 g/mol. The molecule has 1 aromatic heterocycles. The molecule has 132 valence electrons. The van der Waals surface area contributed by atoms with Crippen molar-refractivity contribution in [3.05, 3.63) is 83.1 Å². The van der Waals surface area contributed by atoms with E-state index in [1.807, 2.05) is 30.3 Å². The number of pyridine rings is 1. The predicted molar refractivity (Wildman–Crippen MR) is 104 cm³/mol. The predicted octanol–water partition coefficient (Wildman–Crippen LogP) is 4.61. The highest BCUT2D eigenvalue weighted by Gasteiger charge is 2.08. The van der Waals surface area contributed by atoms with Crippen LogP contribution in [-0.4, -0.2) is 18.0 Å². The van der Waals surface area contributed by atoms with Crippen molar-refractivity contribution in [2.45, 2.75) is 6.54 Å². The highest BCUT2D eigenvalue weighted by molar-refractivity contribution is 6.30. The highest BCUT2D eigenvalue weighted by atomic mass is 35.5. The molecule has 2 N–H and O–H groups in total. The summed E-state index contributed by atoms with van der Waals surface area (Å²) in [7, 11) is 1.60. The van der Waals surface area contributed by atoms with Crippen molar-refractivity contribution >= 4 is 28.9 Å². The first-order valence-corrected chi connectivity index (χ1v) is 8.41. The van der Waals surface area contributed by atoms with Gasteiger partial charge in [-0.25, -0.2) is 4.98 Å². The van der Waals surface area contributed by atoms with Crippen molar-refractivity contribution in [3.63, 3.8) is 0 Å². The Bertz CT molecular complexity index is 863. The SMILES string of the molecule is COc1ccc(NC(=O)c2ccc(NCc3ccc(Cl)cc3)cn2)cc1. The van der Waals surface area contributed by atoms with Gasteiger partial charge in [0, 0.05) is 17.3 Å². The molecule has 5 nitrogen and oxygen atoms in total. The van der Waals surface area contributed by atoms with E-state index in [4.69, 9.17) is 16.3 Å². The molecule has 26 heavy (non-hydrogen) atoms. The normalized spacial score (nSPS) is 10.2. The van der Waals surface area contributed by atoms with Crippen LogP contribution in [0.25, 0.3) is 0 Å². The smallest absolute Gasteiger partial charge is 0.274 e. The summed E-state index contributed by atoms with van der Waals surface area (Å²) in [4.78, 5) is 16.5. The number of hydrogen-bond acceptors (Lipinski definition) is 4. The maximum atomic E-state index is 12.3. The van der Waals surface area contributed by atoms with Crippen molar-refractivity contribution in [1.82, 2.24) is 4.98 Å². The molecule has 0 aliphatic carbocycles. The van der Waals surface area contributed by atoms with E-state index in [1.165, 1.54) is 0 Å². The number of carbonyl (C=O) groups excluding carboxylic acids is 1. The van der Waals surface area contributed by atoms with Gasteiger partial charge in [0.15, 0.2) is 0 Å². The summed E-state index contributed by atoms with van der Waals surface area (Å²) < 4.78 is 5.09. The number of benzene rings is 2. The molecular formula is C20H18ClN3O2. The molecule has 1 heterocycles. The van der Waals surface area contributed by atoms with Crippen LogP contribution in [0, 0.1) is 0 Å². The van der Waals surface area contributed by atoms with Gasteiger partial charge in [0.1, 0.15) is 11.4 Å². The van der Waals surface area contributed by atoms with Crippen LogP contribution in [0.15, 0.2) is 66.9 Å². The Morgan fingerprint density at radius 3 is 2.31 bits per heavy atom. The number of carbonyl (C=O) groups is 1. The summed E-state index contributed by atoms with van der Waals surface area (Å²) in [5.41, 5.74) is 2.97. The summed E-state index contributed by atoms with van der Waals surface area (Å²) >= 11 is 5.87. The lowest BCUT2D eigenvalue weighted by molar-refractivity contribution is 0.102.